The molecular weight excluding hydrogens is 402 g/mol. The minimum absolute atomic E-state index is 0.0162. The molecule has 29 heavy (non-hydrogen) atoms. The molecule has 0 fully saturated rings. The number of benzene rings is 1. The Morgan fingerprint density at radius 3 is 2.48 bits per heavy atom. The predicted octanol–water partition coefficient (Wildman–Crippen LogP) is 5.01. The summed E-state index contributed by atoms with van der Waals surface area (Å²) in [5.74, 6) is -0.141. The quantitative estimate of drug-likeness (QED) is 0.584. The summed E-state index contributed by atoms with van der Waals surface area (Å²) in [5, 5.41) is 9.86. The van der Waals surface area contributed by atoms with E-state index in [2.05, 4.69) is 33.9 Å². The molecular formula is C22H23N3O2S2. The molecule has 0 bridgehead atoms. The third kappa shape index (κ3) is 4.58. The third-order valence-corrected chi connectivity index (χ3v) is 6.98. The van der Waals surface area contributed by atoms with E-state index in [9.17, 15) is 9.59 Å². The van der Waals surface area contributed by atoms with Crippen molar-refractivity contribution in [3.8, 4) is 0 Å². The molecule has 2 N–H and O–H groups in total. The van der Waals surface area contributed by atoms with E-state index in [-0.39, 0.29) is 11.8 Å². The first kappa shape index (κ1) is 19.8. The highest BCUT2D eigenvalue weighted by molar-refractivity contribution is 7.12. The van der Waals surface area contributed by atoms with Crippen LogP contribution in [0.3, 0.4) is 0 Å². The second kappa shape index (κ2) is 8.90. The molecule has 0 radical (unpaired) electrons. The fraction of sp³-hybridized carbons (Fsp3) is 0.273. The zero-order chi connectivity index (χ0) is 20.2. The summed E-state index contributed by atoms with van der Waals surface area (Å²) in [7, 11) is 0. The van der Waals surface area contributed by atoms with Crippen LogP contribution in [0.2, 0.25) is 0 Å². The number of nitrogens with one attached hydrogen (secondary N) is 2. The number of amides is 2. The Morgan fingerprint density at radius 1 is 1.03 bits per heavy atom. The fourth-order valence-electron chi connectivity index (χ4n) is 3.74. The Hall–Kier alpha value is -2.48. The number of anilines is 2. The van der Waals surface area contributed by atoms with Gasteiger partial charge in [0.25, 0.3) is 5.91 Å². The van der Waals surface area contributed by atoms with Gasteiger partial charge in [-0.25, -0.2) is 0 Å². The molecule has 1 aromatic carbocycles. The average molecular weight is 426 g/mol. The smallest absolute Gasteiger partial charge is 0.265 e. The van der Waals surface area contributed by atoms with E-state index in [1.165, 1.54) is 21.8 Å². The molecule has 0 saturated carbocycles. The van der Waals surface area contributed by atoms with Gasteiger partial charge in [-0.05, 0) is 65.6 Å². The van der Waals surface area contributed by atoms with Crippen LogP contribution in [-0.2, 0) is 11.2 Å². The number of fused-ring (bicyclic) bond motifs is 1. The molecule has 4 rings (SSSR count). The second-order valence-electron chi connectivity index (χ2n) is 7.00. The van der Waals surface area contributed by atoms with Crippen LogP contribution in [0.4, 0.5) is 11.4 Å². The monoisotopic (exact) mass is 425 g/mol. The first-order valence-electron chi connectivity index (χ1n) is 9.69. The van der Waals surface area contributed by atoms with Crippen LogP contribution in [0.1, 0.15) is 39.5 Å². The maximum absolute atomic E-state index is 12.6. The molecule has 1 atom stereocenters. The van der Waals surface area contributed by atoms with Crippen molar-refractivity contribution < 1.29 is 9.59 Å². The predicted molar refractivity (Wildman–Crippen MR) is 120 cm³/mol. The highest BCUT2D eigenvalue weighted by atomic mass is 32.1. The van der Waals surface area contributed by atoms with Gasteiger partial charge in [-0.3, -0.25) is 14.5 Å². The largest absolute Gasteiger partial charge is 0.325 e. The maximum Gasteiger partial charge on any atom is 0.265 e. The normalized spacial score (nSPS) is 16.2. The first-order valence-corrected chi connectivity index (χ1v) is 11.4. The van der Waals surface area contributed by atoms with Crippen molar-refractivity contribution >= 4 is 45.9 Å². The van der Waals surface area contributed by atoms with Crippen molar-refractivity contribution in [2.45, 2.75) is 25.8 Å². The van der Waals surface area contributed by atoms with Crippen molar-refractivity contribution in [2.24, 2.45) is 0 Å². The van der Waals surface area contributed by atoms with Crippen LogP contribution in [-0.4, -0.2) is 29.8 Å². The zero-order valence-corrected chi connectivity index (χ0v) is 17.8. The van der Waals surface area contributed by atoms with E-state index < -0.39 is 0 Å². The highest BCUT2D eigenvalue weighted by Gasteiger charge is 2.28. The van der Waals surface area contributed by atoms with Crippen molar-refractivity contribution in [2.75, 3.05) is 23.7 Å². The number of thiophene rings is 2. The van der Waals surface area contributed by atoms with Crippen LogP contribution in [0, 0.1) is 0 Å². The topological polar surface area (TPSA) is 61.4 Å². The molecule has 3 heterocycles. The van der Waals surface area contributed by atoms with Gasteiger partial charge in [-0.15, -0.1) is 22.7 Å². The minimum atomic E-state index is -0.125. The molecule has 1 aliphatic heterocycles. The summed E-state index contributed by atoms with van der Waals surface area (Å²) in [5.41, 5.74) is 2.81. The molecule has 5 nitrogen and oxygen atoms in total. The van der Waals surface area contributed by atoms with Crippen molar-refractivity contribution in [1.29, 1.82) is 0 Å². The van der Waals surface area contributed by atoms with E-state index in [0.717, 1.165) is 25.1 Å². The summed E-state index contributed by atoms with van der Waals surface area (Å²) in [6, 6.07) is 13.4. The van der Waals surface area contributed by atoms with Gasteiger partial charge >= 0.3 is 0 Å². The van der Waals surface area contributed by atoms with Gasteiger partial charge in [0, 0.05) is 28.8 Å². The summed E-state index contributed by atoms with van der Waals surface area (Å²) in [6.07, 6.45) is 2.01. The number of carbonyl (C=O) groups excluding carboxylic acids is 2. The Balaban J connectivity index is 1.33. The Morgan fingerprint density at radius 2 is 1.79 bits per heavy atom. The van der Waals surface area contributed by atoms with Gasteiger partial charge < -0.3 is 10.6 Å². The van der Waals surface area contributed by atoms with Crippen LogP contribution < -0.4 is 10.6 Å². The Labute approximate surface area is 178 Å². The highest BCUT2D eigenvalue weighted by Crippen LogP contribution is 2.34. The third-order valence-electron chi connectivity index (χ3n) is 5.11. The number of rotatable bonds is 6. The second-order valence-corrected chi connectivity index (χ2v) is 8.95. The van der Waals surface area contributed by atoms with Crippen LogP contribution >= 0.6 is 22.7 Å². The van der Waals surface area contributed by atoms with Gasteiger partial charge in [-0.2, -0.15) is 0 Å². The van der Waals surface area contributed by atoms with Crippen molar-refractivity contribution in [3.63, 3.8) is 0 Å². The van der Waals surface area contributed by atoms with Crippen LogP contribution in [0.15, 0.2) is 53.2 Å². The number of hydrogen-bond acceptors (Lipinski definition) is 5. The molecule has 1 unspecified atom stereocenters. The van der Waals surface area contributed by atoms with Gasteiger partial charge in [0.05, 0.1) is 11.4 Å². The van der Waals surface area contributed by atoms with E-state index >= 15 is 0 Å². The molecule has 2 amide bonds. The van der Waals surface area contributed by atoms with E-state index in [4.69, 9.17) is 0 Å². The molecule has 0 aliphatic carbocycles. The average Bonchev–Trinajstić information content (AvgIpc) is 3.41. The molecule has 150 valence electrons. The molecule has 3 aromatic rings. The van der Waals surface area contributed by atoms with Gasteiger partial charge in [0.2, 0.25) is 5.91 Å². The standard InChI is InChI=1S/C22H23N3O2S2/c1-2-18-17-10-13-29-19(17)9-11-25(18)14-21(26)23-15-5-7-16(8-6-15)24-22(27)20-4-3-12-28-20/h3-8,10,12-13,18H,2,9,11,14H2,1H3,(H,23,26)(H,24,27). The molecule has 1 aliphatic rings. The van der Waals surface area contributed by atoms with E-state index in [1.54, 1.807) is 18.2 Å². The Kier molecular flexibility index (Phi) is 6.08. The summed E-state index contributed by atoms with van der Waals surface area (Å²) in [6.45, 7) is 3.46. The van der Waals surface area contributed by atoms with Crippen molar-refractivity contribution in [1.82, 2.24) is 4.90 Å². The summed E-state index contributed by atoms with van der Waals surface area (Å²) in [4.78, 5) is 29.1. The first-order chi connectivity index (χ1) is 14.1. The number of carbonyl (C=O) groups is 2. The lowest BCUT2D eigenvalue weighted by molar-refractivity contribution is -0.118. The lowest BCUT2D eigenvalue weighted by Crippen LogP contribution is -2.40. The van der Waals surface area contributed by atoms with Gasteiger partial charge in [-0.1, -0.05) is 13.0 Å². The van der Waals surface area contributed by atoms with Crippen LogP contribution in [0.25, 0.3) is 0 Å². The number of nitrogens with zero attached hydrogens (tertiary/aromatic N) is 1. The zero-order valence-electron chi connectivity index (χ0n) is 16.2. The summed E-state index contributed by atoms with van der Waals surface area (Å²) >= 11 is 3.22. The SMILES string of the molecule is CCC1c2ccsc2CCN1CC(=O)Nc1ccc(NC(=O)c2cccs2)cc1. The van der Waals surface area contributed by atoms with Gasteiger partial charge in [0.15, 0.2) is 0 Å². The number of hydrogen-bond donors (Lipinski definition) is 2. The molecule has 7 heteroatoms. The van der Waals surface area contributed by atoms with E-state index in [1.807, 2.05) is 34.9 Å². The molecule has 2 aromatic heterocycles. The summed E-state index contributed by atoms with van der Waals surface area (Å²) < 4.78 is 0. The maximum atomic E-state index is 12.6. The lowest BCUT2D eigenvalue weighted by Gasteiger charge is -2.34. The Bertz CT molecular complexity index is 980. The van der Waals surface area contributed by atoms with Gasteiger partial charge in [0.1, 0.15) is 0 Å². The van der Waals surface area contributed by atoms with Crippen molar-refractivity contribution in [3.05, 3.63) is 68.5 Å². The molecule has 0 spiro atoms. The van der Waals surface area contributed by atoms with E-state index in [0.29, 0.717) is 23.2 Å². The lowest BCUT2D eigenvalue weighted by atomic mass is 9.98. The van der Waals surface area contributed by atoms with Crippen LogP contribution in [0.5, 0.6) is 0 Å². The minimum Gasteiger partial charge on any atom is -0.325 e. The fourth-order valence-corrected chi connectivity index (χ4v) is 5.29. The molecule has 0 saturated heterocycles.